The van der Waals surface area contributed by atoms with E-state index in [-0.39, 0.29) is 5.75 Å². The minimum absolute atomic E-state index is 0.142. The van der Waals surface area contributed by atoms with Gasteiger partial charge < -0.3 is 5.73 Å². The fourth-order valence-corrected chi connectivity index (χ4v) is 3.38. The zero-order valence-electron chi connectivity index (χ0n) is 8.23. The number of nitrogen functional groups attached to an aromatic ring is 1. The van der Waals surface area contributed by atoms with Crippen LogP contribution in [0.15, 0.2) is 23.1 Å². The van der Waals surface area contributed by atoms with Crippen LogP contribution in [0.4, 0.5) is 5.69 Å². The molecule has 0 saturated carbocycles. The van der Waals surface area contributed by atoms with E-state index in [2.05, 4.69) is 0 Å². The molecule has 0 aliphatic heterocycles. The Morgan fingerprint density at radius 3 is 2.73 bits per heavy atom. The molecule has 0 amide bonds. The predicted molar refractivity (Wildman–Crippen MR) is 66.3 cm³/mol. The zero-order valence-corrected chi connectivity index (χ0v) is 10.6. The number of hydrogen-bond acceptors (Lipinski definition) is 4. The number of sulfone groups is 1. The molecule has 0 bridgehead atoms. The van der Waals surface area contributed by atoms with Gasteiger partial charge in [-0.25, -0.2) is 8.42 Å². The van der Waals surface area contributed by atoms with E-state index < -0.39 is 9.84 Å². The van der Waals surface area contributed by atoms with Crippen LogP contribution in [-0.2, 0) is 9.84 Å². The van der Waals surface area contributed by atoms with E-state index in [1.807, 2.05) is 6.07 Å². The average molecular weight is 266 g/mol. The molecular weight excluding hydrogens is 254 g/mol. The molecule has 0 aliphatic rings. The molecule has 1 rings (SSSR count). The van der Waals surface area contributed by atoms with Crippen LogP contribution in [0.3, 0.4) is 0 Å². The summed E-state index contributed by atoms with van der Waals surface area (Å²) in [4.78, 5) is 0.825. The van der Waals surface area contributed by atoms with Gasteiger partial charge in [0.05, 0.1) is 16.5 Å². The second-order valence-electron chi connectivity index (χ2n) is 3.13. The number of anilines is 1. The Morgan fingerprint density at radius 2 is 2.13 bits per heavy atom. The van der Waals surface area contributed by atoms with Crippen molar-refractivity contribution in [3.63, 3.8) is 0 Å². The summed E-state index contributed by atoms with van der Waals surface area (Å²) in [5.74, 6) is 0.632. The highest BCUT2D eigenvalue weighted by Crippen LogP contribution is 2.30. The van der Waals surface area contributed by atoms with Crippen LogP contribution >= 0.6 is 23.4 Å². The molecule has 0 atom stereocenters. The molecule has 15 heavy (non-hydrogen) atoms. The van der Waals surface area contributed by atoms with Crippen molar-refractivity contribution in [2.24, 2.45) is 0 Å². The lowest BCUT2D eigenvalue weighted by atomic mass is 10.3. The fraction of sp³-hybridized carbons (Fsp3) is 0.333. The standard InChI is InChI=1S/C9H12ClNO2S2/c1-15(12,13)6-5-14-8-4-2-3-7(10)9(8)11/h2-4H,5-6,11H2,1H3. The lowest BCUT2D eigenvalue weighted by Gasteiger charge is -2.05. The Balaban J connectivity index is 2.62. The maximum absolute atomic E-state index is 10.9. The Bertz CT molecular complexity index is 445. The molecule has 0 heterocycles. The zero-order chi connectivity index (χ0) is 11.5. The third-order valence-corrected chi connectivity index (χ3v) is 4.33. The Morgan fingerprint density at radius 1 is 1.47 bits per heavy atom. The lowest BCUT2D eigenvalue weighted by molar-refractivity contribution is 0.603. The van der Waals surface area contributed by atoms with Crippen molar-refractivity contribution < 1.29 is 8.42 Å². The summed E-state index contributed by atoms with van der Waals surface area (Å²) in [6, 6.07) is 5.33. The first-order valence-corrected chi connectivity index (χ1v) is 7.67. The maximum Gasteiger partial charge on any atom is 0.148 e. The monoisotopic (exact) mass is 265 g/mol. The summed E-state index contributed by atoms with van der Waals surface area (Å²) >= 11 is 7.23. The smallest absolute Gasteiger partial charge is 0.148 e. The molecule has 0 aliphatic carbocycles. The van der Waals surface area contributed by atoms with Crippen molar-refractivity contribution in [2.75, 3.05) is 23.5 Å². The van der Waals surface area contributed by atoms with Crippen LogP contribution < -0.4 is 5.73 Å². The first kappa shape index (κ1) is 12.7. The van der Waals surface area contributed by atoms with Gasteiger partial charge in [-0.3, -0.25) is 0 Å². The van der Waals surface area contributed by atoms with Gasteiger partial charge in [0, 0.05) is 16.9 Å². The maximum atomic E-state index is 10.9. The number of thioether (sulfide) groups is 1. The molecule has 1 aromatic rings. The highest BCUT2D eigenvalue weighted by molar-refractivity contribution is 8.00. The largest absolute Gasteiger partial charge is 0.397 e. The highest BCUT2D eigenvalue weighted by Gasteiger charge is 2.06. The van der Waals surface area contributed by atoms with Crippen LogP contribution in [0.2, 0.25) is 5.02 Å². The molecule has 6 heteroatoms. The van der Waals surface area contributed by atoms with Gasteiger partial charge in [-0.05, 0) is 12.1 Å². The minimum Gasteiger partial charge on any atom is -0.397 e. The van der Waals surface area contributed by atoms with Crippen molar-refractivity contribution in [3.05, 3.63) is 23.2 Å². The summed E-state index contributed by atoms with van der Waals surface area (Å²) in [6.07, 6.45) is 1.22. The predicted octanol–water partition coefficient (Wildman–Crippen LogP) is 2.06. The molecule has 1 aromatic carbocycles. The second-order valence-corrected chi connectivity index (χ2v) is 6.93. The highest BCUT2D eigenvalue weighted by atomic mass is 35.5. The van der Waals surface area contributed by atoms with Crippen molar-refractivity contribution in [2.45, 2.75) is 4.90 Å². The van der Waals surface area contributed by atoms with E-state index in [1.165, 1.54) is 18.0 Å². The van der Waals surface area contributed by atoms with Crippen LogP contribution in [-0.4, -0.2) is 26.2 Å². The van der Waals surface area contributed by atoms with Crippen LogP contribution in [0, 0.1) is 0 Å². The minimum atomic E-state index is -2.91. The SMILES string of the molecule is CS(=O)(=O)CCSc1cccc(Cl)c1N. The number of nitrogens with two attached hydrogens (primary N) is 1. The molecule has 84 valence electrons. The molecule has 0 unspecified atom stereocenters. The van der Waals surface area contributed by atoms with E-state index >= 15 is 0 Å². The van der Waals surface area contributed by atoms with Gasteiger partial charge >= 0.3 is 0 Å². The van der Waals surface area contributed by atoms with Crippen LogP contribution in [0.25, 0.3) is 0 Å². The Labute approximate surface area is 98.9 Å². The number of benzene rings is 1. The number of para-hydroxylation sites is 1. The normalized spacial score (nSPS) is 11.6. The topological polar surface area (TPSA) is 60.2 Å². The van der Waals surface area contributed by atoms with Crippen LogP contribution in [0.5, 0.6) is 0 Å². The van der Waals surface area contributed by atoms with Gasteiger partial charge in [0.15, 0.2) is 0 Å². The third kappa shape index (κ3) is 4.32. The first-order chi connectivity index (χ1) is 6.90. The van der Waals surface area contributed by atoms with E-state index in [1.54, 1.807) is 12.1 Å². The van der Waals surface area contributed by atoms with Gasteiger partial charge in [0.25, 0.3) is 0 Å². The molecule has 3 nitrogen and oxygen atoms in total. The molecule has 0 aromatic heterocycles. The van der Waals surface area contributed by atoms with Gasteiger partial charge in [0.1, 0.15) is 9.84 Å². The molecule has 0 saturated heterocycles. The summed E-state index contributed by atoms with van der Waals surface area (Å²) in [5, 5.41) is 0.499. The average Bonchev–Trinajstić information content (AvgIpc) is 2.10. The van der Waals surface area contributed by atoms with Crippen LogP contribution in [0.1, 0.15) is 0 Å². The lowest BCUT2D eigenvalue weighted by Crippen LogP contribution is -2.05. The molecular formula is C9H12ClNO2S2. The van der Waals surface area contributed by atoms with Gasteiger partial charge in [-0.1, -0.05) is 17.7 Å². The Kier molecular flexibility index (Phi) is 4.31. The summed E-state index contributed by atoms with van der Waals surface area (Å²) in [6.45, 7) is 0. The second kappa shape index (κ2) is 5.09. The summed E-state index contributed by atoms with van der Waals surface area (Å²) in [7, 11) is -2.91. The number of hydrogen-bond donors (Lipinski definition) is 1. The van der Waals surface area contributed by atoms with E-state index in [9.17, 15) is 8.42 Å². The number of halogens is 1. The van der Waals surface area contributed by atoms with Gasteiger partial charge in [0.2, 0.25) is 0 Å². The van der Waals surface area contributed by atoms with Crippen molar-refractivity contribution in [3.8, 4) is 0 Å². The number of rotatable bonds is 4. The summed E-state index contributed by atoms with van der Waals surface area (Å²) < 4.78 is 21.8. The molecule has 2 N–H and O–H groups in total. The fourth-order valence-electron chi connectivity index (χ4n) is 0.946. The molecule has 0 fully saturated rings. The van der Waals surface area contributed by atoms with Crippen molar-refractivity contribution >= 4 is 38.9 Å². The van der Waals surface area contributed by atoms with Crippen molar-refractivity contribution in [1.29, 1.82) is 0 Å². The van der Waals surface area contributed by atoms with Crippen molar-refractivity contribution in [1.82, 2.24) is 0 Å². The Hall–Kier alpha value is -0.390. The molecule has 0 spiro atoms. The quantitative estimate of drug-likeness (QED) is 0.669. The van der Waals surface area contributed by atoms with E-state index in [4.69, 9.17) is 17.3 Å². The summed E-state index contributed by atoms with van der Waals surface area (Å²) in [5.41, 5.74) is 6.24. The van der Waals surface area contributed by atoms with E-state index in [0.717, 1.165) is 4.90 Å². The molecule has 0 radical (unpaired) electrons. The third-order valence-electron chi connectivity index (χ3n) is 1.72. The van der Waals surface area contributed by atoms with E-state index in [0.29, 0.717) is 16.5 Å². The van der Waals surface area contributed by atoms with Gasteiger partial charge in [-0.15, -0.1) is 11.8 Å². The van der Waals surface area contributed by atoms with Gasteiger partial charge in [-0.2, -0.15) is 0 Å². The first-order valence-electron chi connectivity index (χ1n) is 4.24.